The lowest BCUT2D eigenvalue weighted by atomic mass is 9.96. The molecule has 5 aromatic rings. The summed E-state index contributed by atoms with van der Waals surface area (Å²) in [6.07, 6.45) is 0.708. The van der Waals surface area contributed by atoms with Gasteiger partial charge in [0.25, 0.3) is 0 Å². The van der Waals surface area contributed by atoms with Crippen LogP contribution in [-0.2, 0) is 4.79 Å². The van der Waals surface area contributed by atoms with Crippen molar-refractivity contribution in [3.63, 3.8) is 0 Å². The molecule has 1 heterocycles. The zero-order valence-electron chi connectivity index (χ0n) is 15.1. The second-order valence-corrected chi connectivity index (χ2v) is 6.67. The van der Waals surface area contributed by atoms with Crippen molar-refractivity contribution in [1.29, 1.82) is 0 Å². The molecule has 5 rings (SSSR count). The molecule has 3 heteroatoms. The molecule has 0 atom stereocenters. The molecule has 0 aliphatic heterocycles. The number of hydrogen-bond donors (Lipinski definition) is 1. The van der Waals surface area contributed by atoms with E-state index in [2.05, 4.69) is 35.6 Å². The smallest absolute Gasteiger partial charge is 0.211 e. The van der Waals surface area contributed by atoms with Gasteiger partial charge in [0.15, 0.2) is 0 Å². The van der Waals surface area contributed by atoms with Gasteiger partial charge in [0, 0.05) is 27.6 Å². The van der Waals surface area contributed by atoms with E-state index >= 15 is 0 Å². The number of amides is 1. The molecule has 0 unspecified atom stereocenters. The second-order valence-electron chi connectivity index (χ2n) is 6.67. The Morgan fingerprint density at radius 1 is 0.679 bits per heavy atom. The summed E-state index contributed by atoms with van der Waals surface area (Å²) in [6.45, 7) is 0. The molecule has 0 fully saturated rings. The summed E-state index contributed by atoms with van der Waals surface area (Å²) >= 11 is 0. The lowest BCUT2D eigenvalue weighted by Crippen LogP contribution is -1.97. The van der Waals surface area contributed by atoms with Gasteiger partial charge >= 0.3 is 0 Å². The van der Waals surface area contributed by atoms with Gasteiger partial charge in [-0.25, -0.2) is 0 Å². The van der Waals surface area contributed by atoms with Gasteiger partial charge in [-0.1, -0.05) is 72.8 Å². The summed E-state index contributed by atoms with van der Waals surface area (Å²) in [6, 6.07) is 30.4. The Kier molecular flexibility index (Phi) is 3.91. The summed E-state index contributed by atoms with van der Waals surface area (Å²) in [7, 11) is 0. The number of carbonyl (C=O) groups excluding carboxylic acids is 1. The summed E-state index contributed by atoms with van der Waals surface area (Å²) in [5.74, 6) is 0. The highest BCUT2D eigenvalue weighted by Gasteiger charge is 2.15. The van der Waals surface area contributed by atoms with E-state index in [4.69, 9.17) is 4.42 Å². The normalized spacial score (nSPS) is 11.0. The lowest BCUT2D eigenvalue weighted by molar-refractivity contribution is -0.105. The Balaban J connectivity index is 1.79. The molecule has 0 aliphatic carbocycles. The van der Waals surface area contributed by atoms with Gasteiger partial charge in [-0.3, -0.25) is 4.79 Å². The highest BCUT2D eigenvalue weighted by atomic mass is 16.3. The van der Waals surface area contributed by atoms with E-state index in [0.29, 0.717) is 6.41 Å². The summed E-state index contributed by atoms with van der Waals surface area (Å²) in [5, 5.41) is 4.98. The first-order chi connectivity index (χ1) is 13.8. The van der Waals surface area contributed by atoms with Gasteiger partial charge < -0.3 is 9.73 Å². The van der Waals surface area contributed by atoms with Crippen LogP contribution >= 0.6 is 0 Å². The predicted molar refractivity (Wildman–Crippen MR) is 114 cm³/mol. The van der Waals surface area contributed by atoms with E-state index in [-0.39, 0.29) is 0 Å². The van der Waals surface area contributed by atoms with Crippen molar-refractivity contribution in [3.8, 4) is 22.3 Å². The third-order valence-corrected chi connectivity index (χ3v) is 5.04. The van der Waals surface area contributed by atoms with Crippen LogP contribution < -0.4 is 5.32 Å². The maximum absolute atomic E-state index is 11.2. The van der Waals surface area contributed by atoms with E-state index in [1.165, 1.54) is 0 Å². The maximum atomic E-state index is 11.2. The molecule has 4 aromatic carbocycles. The fraction of sp³-hybridized carbons (Fsp3) is 0. The molecule has 0 saturated heterocycles. The molecule has 0 radical (unpaired) electrons. The third-order valence-electron chi connectivity index (χ3n) is 5.04. The Labute approximate surface area is 162 Å². The molecule has 0 spiro atoms. The highest BCUT2D eigenvalue weighted by Crippen LogP contribution is 2.39. The zero-order chi connectivity index (χ0) is 18.9. The number of fused-ring (bicyclic) bond motifs is 3. The van der Waals surface area contributed by atoms with Crippen LogP contribution in [-0.4, -0.2) is 6.41 Å². The third kappa shape index (κ3) is 2.65. The molecule has 1 aromatic heterocycles. The van der Waals surface area contributed by atoms with Gasteiger partial charge in [-0.2, -0.15) is 0 Å². The van der Waals surface area contributed by atoms with Crippen molar-refractivity contribution < 1.29 is 9.21 Å². The minimum absolute atomic E-state index is 0.708. The summed E-state index contributed by atoms with van der Waals surface area (Å²) < 4.78 is 6.20. The van der Waals surface area contributed by atoms with Crippen LogP contribution in [0.3, 0.4) is 0 Å². The van der Waals surface area contributed by atoms with Gasteiger partial charge in [0.2, 0.25) is 6.41 Å². The molecule has 0 aliphatic rings. The van der Waals surface area contributed by atoms with Crippen LogP contribution in [0, 0.1) is 0 Å². The highest BCUT2D eigenvalue weighted by molar-refractivity contribution is 6.10. The standard InChI is InChI=1S/C25H17NO2/c27-16-26-23-14-13-18(17-7-2-1-3-8-17)15-22(23)21-11-6-10-20-19-9-4-5-12-24(19)28-25(20)21/h1-16H,(H,26,27). The Morgan fingerprint density at radius 3 is 2.32 bits per heavy atom. The molecule has 28 heavy (non-hydrogen) atoms. The van der Waals surface area contributed by atoms with E-state index < -0.39 is 0 Å². The SMILES string of the molecule is O=CNc1ccc(-c2ccccc2)cc1-c1cccc2c1oc1ccccc12. The number of nitrogens with one attached hydrogen (secondary N) is 1. The largest absolute Gasteiger partial charge is 0.455 e. The Morgan fingerprint density at radius 2 is 1.46 bits per heavy atom. The molecule has 0 saturated carbocycles. The van der Waals surface area contributed by atoms with Crippen LogP contribution in [0.15, 0.2) is 95.4 Å². The quantitative estimate of drug-likeness (QED) is 0.371. The average molecular weight is 363 g/mol. The Hall–Kier alpha value is -3.85. The van der Waals surface area contributed by atoms with E-state index in [1.54, 1.807) is 0 Å². The number of anilines is 1. The molecule has 134 valence electrons. The van der Waals surface area contributed by atoms with Crippen molar-refractivity contribution in [1.82, 2.24) is 0 Å². The average Bonchev–Trinajstić information content (AvgIpc) is 3.14. The van der Waals surface area contributed by atoms with Crippen molar-refractivity contribution in [2.24, 2.45) is 0 Å². The predicted octanol–water partition coefficient (Wildman–Crippen LogP) is 6.49. The summed E-state index contributed by atoms with van der Waals surface area (Å²) in [4.78, 5) is 11.2. The fourth-order valence-corrected chi connectivity index (χ4v) is 3.73. The van der Waals surface area contributed by atoms with Crippen molar-refractivity contribution in [3.05, 3.63) is 91.0 Å². The Bertz CT molecular complexity index is 1300. The number of benzene rings is 4. The molecule has 3 nitrogen and oxygen atoms in total. The van der Waals surface area contributed by atoms with E-state index in [0.717, 1.165) is 49.9 Å². The number of furan rings is 1. The van der Waals surface area contributed by atoms with Gasteiger partial charge in [-0.15, -0.1) is 0 Å². The van der Waals surface area contributed by atoms with E-state index in [9.17, 15) is 4.79 Å². The van der Waals surface area contributed by atoms with Crippen LogP contribution in [0.4, 0.5) is 5.69 Å². The van der Waals surface area contributed by atoms with Gasteiger partial charge in [0.05, 0.1) is 0 Å². The van der Waals surface area contributed by atoms with Gasteiger partial charge in [0.1, 0.15) is 11.2 Å². The first-order valence-electron chi connectivity index (χ1n) is 9.15. The first-order valence-corrected chi connectivity index (χ1v) is 9.15. The van der Waals surface area contributed by atoms with Crippen molar-refractivity contribution in [2.45, 2.75) is 0 Å². The molecule has 0 bridgehead atoms. The maximum Gasteiger partial charge on any atom is 0.211 e. The van der Waals surface area contributed by atoms with Crippen molar-refractivity contribution >= 4 is 34.0 Å². The van der Waals surface area contributed by atoms with Gasteiger partial charge in [-0.05, 0) is 29.3 Å². The molecular weight excluding hydrogens is 346 g/mol. The zero-order valence-corrected chi connectivity index (χ0v) is 15.1. The molecular formula is C25H17NO2. The van der Waals surface area contributed by atoms with Crippen molar-refractivity contribution in [2.75, 3.05) is 5.32 Å². The first kappa shape index (κ1) is 16.3. The molecule has 1 amide bonds. The minimum atomic E-state index is 0.708. The van der Waals surface area contributed by atoms with Crippen LogP contribution in [0.2, 0.25) is 0 Å². The minimum Gasteiger partial charge on any atom is -0.455 e. The topological polar surface area (TPSA) is 42.2 Å². The number of rotatable bonds is 4. The summed E-state index contributed by atoms with van der Waals surface area (Å²) in [5.41, 5.74) is 6.52. The number of hydrogen-bond acceptors (Lipinski definition) is 2. The number of carbonyl (C=O) groups is 1. The fourth-order valence-electron chi connectivity index (χ4n) is 3.73. The second kappa shape index (κ2) is 6.71. The van der Waals surface area contributed by atoms with E-state index in [1.807, 2.05) is 60.7 Å². The monoisotopic (exact) mass is 363 g/mol. The number of para-hydroxylation sites is 2. The van der Waals surface area contributed by atoms with Crippen LogP contribution in [0.25, 0.3) is 44.2 Å². The van der Waals surface area contributed by atoms with Crippen LogP contribution in [0.5, 0.6) is 0 Å². The lowest BCUT2D eigenvalue weighted by Gasteiger charge is -2.12. The van der Waals surface area contributed by atoms with Crippen LogP contribution in [0.1, 0.15) is 0 Å². The molecule has 1 N–H and O–H groups in total.